The number of aliphatic hydroxyl groups is 3. The molecule has 0 radical (unpaired) electrons. The van der Waals surface area contributed by atoms with E-state index in [-0.39, 0.29) is 25.6 Å². The first kappa shape index (κ1) is 47.3. The minimum absolute atomic E-state index is 0.170. The average molecular weight is 701 g/mol. The molecule has 0 aliphatic heterocycles. The van der Waals surface area contributed by atoms with E-state index in [4.69, 9.17) is 9.47 Å². The Morgan fingerprint density at radius 1 is 0.560 bits per heavy atom. The van der Waals surface area contributed by atoms with Crippen molar-refractivity contribution in [2.24, 2.45) is 5.92 Å². The van der Waals surface area contributed by atoms with E-state index in [2.05, 4.69) is 20.8 Å². The number of allylic oxidation sites excluding steroid dienone is 8. The van der Waals surface area contributed by atoms with Crippen LogP contribution in [0.1, 0.15) is 149 Å². The molecule has 0 aromatic rings. The van der Waals surface area contributed by atoms with Crippen LogP contribution in [0.25, 0.3) is 0 Å². The van der Waals surface area contributed by atoms with Crippen molar-refractivity contribution in [3.8, 4) is 0 Å². The summed E-state index contributed by atoms with van der Waals surface area (Å²) in [6, 6.07) is 0. The van der Waals surface area contributed by atoms with Crippen LogP contribution in [0.2, 0.25) is 0 Å². The summed E-state index contributed by atoms with van der Waals surface area (Å²) in [4.78, 5) is 23.9. The highest BCUT2D eigenvalue weighted by molar-refractivity contribution is 5.70. The van der Waals surface area contributed by atoms with Crippen LogP contribution in [0, 0.1) is 5.92 Å². The van der Waals surface area contributed by atoms with Gasteiger partial charge in [0.05, 0.1) is 12.2 Å². The van der Waals surface area contributed by atoms with Gasteiger partial charge in [0.15, 0.2) is 0 Å². The van der Waals surface area contributed by atoms with Gasteiger partial charge in [-0.15, -0.1) is 0 Å². The van der Waals surface area contributed by atoms with Crippen molar-refractivity contribution < 1.29 is 34.4 Å². The molecule has 7 heteroatoms. The van der Waals surface area contributed by atoms with Crippen molar-refractivity contribution in [3.63, 3.8) is 0 Å². The van der Waals surface area contributed by atoms with Crippen molar-refractivity contribution in [2.75, 3.05) is 13.2 Å². The lowest BCUT2D eigenvalue weighted by Crippen LogP contribution is -2.25. The molecule has 0 saturated carbocycles. The quantitative estimate of drug-likeness (QED) is 0.0270. The minimum atomic E-state index is -1.03. The molecule has 0 saturated heterocycles. The van der Waals surface area contributed by atoms with E-state index < -0.39 is 24.3 Å². The molecule has 0 heterocycles. The van der Waals surface area contributed by atoms with E-state index in [0.29, 0.717) is 32.1 Å². The van der Waals surface area contributed by atoms with Gasteiger partial charge in [-0.25, -0.2) is 0 Å². The Balaban J connectivity index is 3.71. The number of hydrogen-bond donors (Lipinski definition) is 3. The standard InChI is InChI=1S/C43H72O7/c1-4-5-22-30-39(44)32-25-20-21-26-33-40(45)31-24-17-14-15-19-28-35-43(48)50-37-41(46)36-49-42(47)34-27-18-13-11-9-7-6-8-10-12-16-23-29-38(2)3/h5,15,17,19-22,24-26,32-33,38-41,44-46H,4,6-14,16,18,23,27-31,34-37H2,1-3H3/b19-15-,21-20-,22-5-,24-17-,32-25+,33-26+/t39-,40+,41+/m1/s1. The molecule has 0 bridgehead atoms. The molecule has 0 aromatic heterocycles. The van der Waals surface area contributed by atoms with Crippen LogP contribution in [0.15, 0.2) is 72.9 Å². The highest BCUT2D eigenvalue weighted by Crippen LogP contribution is 2.14. The fourth-order valence-electron chi connectivity index (χ4n) is 5.06. The molecule has 286 valence electrons. The van der Waals surface area contributed by atoms with Crippen molar-refractivity contribution in [1.82, 2.24) is 0 Å². The zero-order chi connectivity index (χ0) is 36.9. The first-order valence-electron chi connectivity index (χ1n) is 19.6. The van der Waals surface area contributed by atoms with Gasteiger partial charge in [-0.2, -0.15) is 0 Å². The van der Waals surface area contributed by atoms with E-state index in [9.17, 15) is 24.9 Å². The van der Waals surface area contributed by atoms with Crippen LogP contribution in [0.5, 0.6) is 0 Å². The topological polar surface area (TPSA) is 113 Å². The number of aliphatic hydroxyl groups excluding tert-OH is 3. The van der Waals surface area contributed by atoms with Gasteiger partial charge in [0.25, 0.3) is 0 Å². The Morgan fingerprint density at radius 2 is 1.02 bits per heavy atom. The normalized spacial score (nSPS) is 14.4. The van der Waals surface area contributed by atoms with E-state index in [0.717, 1.165) is 31.6 Å². The van der Waals surface area contributed by atoms with E-state index in [1.807, 2.05) is 48.6 Å². The molecule has 0 aliphatic rings. The summed E-state index contributed by atoms with van der Waals surface area (Å²) < 4.78 is 10.2. The molecule has 7 nitrogen and oxygen atoms in total. The van der Waals surface area contributed by atoms with Gasteiger partial charge >= 0.3 is 11.9 Å². The van der Waals surface area contributed by atoms with Gasteiger partial charge in [0, 0.05) is 12.8 Å². The maximum atomic E-state index is 12.0. The highest BCUT2D eigenvalue weighted by atomic mass is 16.6. The Kier molecular flexibility index (Phi) is 34.1. The number of ether oxygens (including phenoxy) is 2. The number of unbranched alkanes of at least 4 members (excludes halogenated alkanes) is 11. The summed E-state index contributed by atoms with van der Waals surface area (Å²) >= 11 is 0. The molecular weight excluding hydrogens is 628 g/mol. The van der Waals surface area contributed by atoms with Crippen molar-refractivity contribution in [1.29, 1.82) is 0 Å². The predicted octanol–water partition coefficient (Wildman–Crippen LogP) is 9.97. The third-order valence-corrected chi connectivity index (χ3v) is 8.06. The van der Waals surface area contributed by atoms with Crippen LogP contribution < -0.4 is 0 Å². The van der Waals surface area contributed by atoms with Gasteiger partial charge in [-0.3, -0.25) is 9.59 Å². The number of carbonyl (C=O) groups is 2. The van der Waals surface area contributed by atoms with Crippen molar-refractivity contribution >= 4 is 11.9 Å². The first-order valence-corrected chi connectivity index (χ1v) is 19.6. The lowest BCUT2D eigenvalue weighted by molar-refractivity contribution is -0.152. The van der Waals surface area contributed by atoms with E-state index >= 15 is 0 Å². The molecule has 0 fully saturated rings. The second-order valence-electron chi connectivity index (χ2n) is 13.6. The molecule has 0 spiro atoms. The molecule has 0 aliphatic carbocycles. The Morgan fingerprint density at radius 3 is 1.54 bits per heavy atom. The minimum Gasteiger partial charge on any atom is -0.463 e. The van der Waals surface area contributed by atoms with Crippen LogP contribution in [0.4, 0.5) is 0 Å². The Labute approximate surface area is 305 Å². The predicted molar refractivity (Wildman–Crippen MR) is 208 cm³/mol. The molecular formula is C43H72O7. The summed E-state index contributed by atoms with van der Waals surface area (Å²) in [5.41, 5.74) is 0. The van der Waals surface area contributed by atoms with Crippen molar-refractivity contribution in [3.05, 3.63) is 72.9 Å². The summed E-state index contributed by atoms with van der Waals surface area (Å²) in [5, 5.41) is 29.8. The molecule has 3 N–H and O–H groups in total. The second-order valence-corrected chi connectivity index (χ2v) is 13.6. The maximum absolute atomic E-state index is 12.0. The SMILES string of the molecule is CC/C=C\C[C@@H](O)/C=C/C=C\C=C\[C@@H](O)C/C=C\C/C=C\CCC(=O)OC[C@@H](O)COC(=O)CCCCCCCCCCCCCCC(C)C. The third-order valence-electron chi connectivity index (χ3n) is 8.06. The van der Waals surface area contributed by atoms with E-state index in [1.165, 1.54) is 64.2 Å². The Hall–Kier alpha value is -2.74. The fraction of sp³-hybridized carbons (Fsp3) is 0.674. The molecule has 0 amide bonds. The molecule has 0 unspecified atom stereocenters. The monoisotopic (exact) mass is 701 g/mol. The molecule has 0 aromatic carbocycles. The maximum Gasteiger partial charge on any atom is 0.306 e. The zero-order valence-corrected chi connectivity index (χ0v) is 31.8. The van der Waals surface area contributed by atoms with Crippen LogP contribution >= 0.6 is 0 Å². The highest BCUT2D eigenvalue weighted by Gasteiger charge is 2.11. The first-order chi connectivity index (χ1) is 24.2. The van der Waals surface area contributed by atoms with Crippen LogP contribution in [0.3, 0.4) is 0 Å². The summed E-state index contributed by atoms with van der Waals surface area (Å²) in [5.74, 6) is 0.0981. The fourth-order valence-corrected chi connectivity index (χ4v) is 5.06. The third kappa shape index (κ3) is 36.5. The van der Waals surface area contributed by atoms with Gasteiger partial charge in [0.2, 0.25) is 0 Å². The summed E-state index contributed by atoms with van der Waals surface area (Å²) in [6.45, 7) is 6.29. The van der Waals surface area contributed by atoms with E-state index in [1.54, 1.807) is 24.3 Å². The lowest BCUT2D eigenvalue weighted by atomic mass is 10.0. The largest absolute Gasteiger partial charge is 0.463 e. The van der Waals surface area contributed by atoms with Gasteiger partial charge in [0.1, 0.15) is 19.3 Å². The van der Waals surface area contributed by atoms with Crippen LogP contribution in [-0.4, -0.2) is 58.8 Å². The number of esters is 2. The summed E-state index contributed by atoms with van der Waals surface area (Å²) in [6.07, 6.45) is 40.3. The smallest absolute Gasteiger partial charge is 0.306 e. The molecule has 50 heavy (non-hydrogen) atoms. The number of rotatable bonds is 33. The second kappa shape index (κ2) is 36.1. The Bertz CT molecular complexity index is 976. The van der Waals surface area contributed by atoms with Gasteiger partial charge < -0.3 is 24.8 Å². The zero-order valence-electron chi connectivity index (χ0n) is 31.8. The molecule has 0 rings (SSSR count). The van der Waals surface area contributed by atoms with Crippen molar-refractivity contribution in [2.45, 2.75) is 167 Å². The van der Waals surface area contributed by atoms with Gasteiger partial charge in [-0.1, -0.05) is 171 Å². The average Bonchev–Trinajstić information content (AvgIpc) is 3.09. The van der Waals surface area contributed by atoms with Crippen LogP contribution in [-0.2, 0) is 19.1 Å². The lowest BCUT2D eigenvalue weighted by Gasteiger charge is -2.12. The number of hydrogen-bond acceptors (Lipinski definition) is 7. The summed E-state index contributed by atoms with van der Waals surface area (Å²) in [7, 11) is 0. The van der Waals surface area contributed by atoms with Gasteiger partial charge in [-0.05, 0) is 44.4 Å². The number of carbonyl (C=O) groups excluding carboxylic acids is 2. The molecule has 3 atom stereocenters.